The van der Waals surface area contributed by atoms with Crippen molar-refractivity contribution in [3.63, 3.8) is 0 Å². The molecule has 1 N–H and O–H groups in total. The van der Waals surface area contributed by atoms with Crippen molar-refractivity contribution in [3.05, 3.63) is 51.8 Å². The molecule has 0 aliphatic heterocycles. The van der Waals surface area contributed by atoms with Crippen LogP contribution in [-0.4, -0.2) is 40.9 Å². The zero-order valence-electron chi connectivity index (χ0n) is 12.9. The fraction of sp³-hybridized carbons (Fsp3) is 0.214. The van der Waals surface area contributed by atoms with E-state index >= 15 is 0 Å². The standard InChI is InChI=1S/C14H16N6O3/c1-18(2)11-6-4-10(5-7-11)8-15-16-14(21)13-12(20(22)23)9-19(3)17-13/h4-9H,1-3H3,(H,16,21)/b15-8+. The summed E-state index contributed by atoms with van der Waals surface area (Å²) >= 11 is 0. The Kier molecular flexibility index (Phi) is 4.69. The lowest BCUT2D eigenvalue weighted by Crippen LogP contribution is -2.19. The lowest BCUT2D eigenvalue weighted by atomic mass is 10.2. The van der Waals surface area contributed by atoms with E-state index in [0.29, 0.717) is 0 Å². The van der Waals surface area contributed by atoms with Crippen LogP contribution in [0.15, 0.2) is 35.6 Å². The number of aromatic nitrogens is 2. The van der Waals surface area contributed by atoms with Crippen LogP contribution in [0, 0.1) is 10.1 Å². The van der Waals surface area contributed by atoms with Gasteiger partial charge in [0.25, 0.3) is 5.91 Å². The molecule has 120 valence electrons. The van der Waals surface area contributed by atoms with E-state index in [1.807, 2.05) is 43.3 Å². The molecule has 9 heteroatoms. The molecule has 0 atom stereocenters. The number of nitrogens with zero attached hydrogens (tertiary/aromatic N) is 5. The molecule has 1 aromatic heterocycles. The molecule has 1 aromatic carbocycles. The highest BCUT2D eigenvalue weighted by Gasteiger charge is 2.24. The van der Waals surface area contributed by atoms with E-state index in [2.05, 4.69) is 15.6 Å². The van der Waals surface area contributed by atoms with Gasteiger partial charge in [-0.2, -0.15) is 10.2 Å². The molecule has 0 radical (unpaired) electrons. The molecule has 0 saturated carbocycles. The van der Waals surface area contributed by atoms with Gasteiger partial charge in [-0.3, -0.25) is 19.6 Å². The van der Waals surface area contributed by atoms with Crippen LogP contribution >= 0.6 is 0 Å². The predicted molar refractivity (Wildman–Crippen MR) is 85.7 cm³/mol. The number of nitro groups is 1. The molecule has 1 heterocycles. The molecule has 0 unspecified atom stereocenters. The van der Waals surface area contributed by atoms with E-state index in [0.717, 1.165) is 11.3 Å². The van der Waals surface area contributed by atoms with Crippen LogP contribution in [-0.2, 0) is 7.05 Å². The molecule has 0 bridgehead atoms. The fourth-order valence-electron chi connectivity index (χ4n) is 1.85. The summed E-state index contributed by atoms with van der Waals surface area (Å²) in [7, 11) is 5.37. The van der Waals surface area contributed by atoms with Crippen molar-refractivity contribution < 1.29 is 9.72 Å². The third-order valence-electron chi connectivity index (χ3n) is 3.01. The molecule has 1 amide bonds. The number of hydrogen-bond donors (Lipinski definition) is 1. The topological polar surface area (TPSA) is 106 Å². The highest BCUT2D eigenvalue weighted by Crippen LogP contribution is 2.15. The van der Waals surface area contributed by atoms with Crippen LogP contribution in [0.3, 0.4) is 0 Å². The Hall–Kier alpha value is -3.23. The molecular formula is C14H16N6O3. The number of nitrogens with one attached hydrogen (secondary N) is 1. The number of rotatable bonds is 5. The monoisotopic (exact) mass is 316 g/mol. The van der Waals surface area contributed by atoms with Crippen LogP contribution in [0.2, 0.25) is 0 Å². The Bertz CT molecular complexity index is 748. The van der Waals surface area contributed by atoms with Crippen molar-refractivity contribution in [1.82, 2.24) is 15.2 Å². The van der Waals surface area contributed by atoms with Gasteiger partial charge in [0.1, 0.15) is 6.20 Å². The molecule has 2 rings (SSSR count). The van der Waals surface area contributed by atoms with Gasteiger partial charge in [-0.25, -0.2) is 5.43 Å². The average Bonchev–Trinajstić information content (AvgIpc) is 2.90. The first kappa shape index (κ1) is 16.1. The third kappa shape index (κ3) is 3.90. The minimum Gasteiger partial charge on any atom is -0.378 e. The second-order valence-electron chi connectivity index (χ2n) is 4.98. The van der Waals surface area contributed by atoms with Crippen LogP contribution in [0.4, 0.5) is 11.4 Å². The van der Waals surface area contributed by atoms with E-state index in [4.69, 9.17) is 0 Å². The molecule has 0 fully saturated rings. The normalized spacial score (nSPS) is 10.7. The van der Waals surface area contributed by atoms with Crippen molar-refractivity contribution in [2.24, 2.45) is 12.1 Å². The maximum Gasteiger partial charge on any atom is 0.320 e. The zero-order valence-corrected chi connectivity index (χ0v) is 12.9. The summed E-state index contributed by atoms with van der Waals surface area (Å²) in [4.78, 5) is 24.1. The number of anilines is 1. The Balaban J connectivity index is 2.05. The van der Waals surface area contributed by atoms with E-state index in [1.54, 1.807) is 0 Å². The molecule has 0 aliphatic rings. The van der Waals surface area contributed by atoms with Gasteiger partial charge in [0, 0.05) is 26.8 Å². The largest absolute Gasteiger partial charge is 0.378 e. The molecular weight excluding hydrogens is 300 g/mol. The van der Waals surface area contributed by atoms with Crippen molar-refractivity contribution in [3.8, 4) is 0 Å². The summed E-state index contributed by atoms with van der Waals surface area (Å²) < 4.78 is 1.21. The Morgan fingerprint density at radius 1 is 1.39 bits per heavy atom. The second-order valence-corrected chi connectivity index (χ2v) is 4.98. The van der Waals surface area contributed by atoms with E-state index in [9.17, 15) is 14.9 Å². The first-order valence-electron chi connectivity index (χ1n) is 6.67. The smallest absolute Gasteiger partial charge is 0.320 e. The lowest BCUT2D eigenvalue weighted by molar-refractivity contribution is -0.385. The van der Waals surface area contributed by atoms with Gasteiger partial charge >= 0.3 is 5.69 Å². The Morgan fingerprint density at radius 2 is 2.04 bits per heavy atom. The number of benzene rings is 1. The van der Waals surface area contributed by atoms with E-state index in [-0.39, 0.29) is 11.4 Å². The zero-order chi connectivity index (χ0) is 17.0. The van der Waals surface area contributed by atoms with Crippen LogP contribution in [0.1, 0.15) is 16.1 Å². The summed E-state index contributed by atoms with van der Waals surface area (Å²) in [5.74, 6) is -0.738. The van der Waals surface area contributed by atoms with Crippen molar-refractivity contribution in [2.45, 2.75) is 0 Å². The first-order valence-corrected chi connectivity index (χ1v) is 6.67. The summed E-state index contributed by atoms with van der Waals surface area (Å²) in [6.07, 6.45) is 2.62. The van der Waals surface area contributed by atoms with E-state index < -0.39 is 10.8 Å². The van der Waals surface area contributed by atoms with Gasteiger partial charge in [-0.05, 0) is 17.7 Å². The van der Waals surface area contributed by atoms with Crippen LogP contribution in [0.25, 0.3) is 0 Å². The quantitative estimate of drug-likeness (QED) is 0.506. The summed E-state index contributed by atoms with van der Waals surface area (Å²) in [6, 6.07) is 7.50. The number of amides is 1. The maximum absolute atomic E-state index is 11.9. The number of aryl methyl sites for hydroxylation is 1. The predicted octanol–water partition coefficient (Wildman–Crippen LogP) is 1.16. The fourth-order valence-corrected chi connectivity index (χ4v) is 1.85. The second kappa shape index (κ2) is 6.69. The summed E-state index contributed by atoms with van der Waals surface area (Å²) in [5, 5.41) is 18.4. The maximum atomic E-state index is 11.9. The summed E-state index contributed by atoms with van der Waals surface area (Å²) in [5.41, 5.74) is 3.41. The molecule has 2 aromatic rings. The minimum absolute atomic E-state index is 0.280. The van der Waals surface area contributed by atoms with Crippen molar-refractivity contribution in [1.29, 1.82) is 0 Å². The Morgan fingerprint density at radius 3 is 2.61 bits per heavy atom. The minimum atomic E-state index is -0.738. The first-order chi connectivity index (χ1) is 10.9. The molecule has 0 aliphatic carbocycles. The van der Waals surface area contributed by atoms with Gasteiger partial charge in [-0.15, -0.1) is 0 Å². The van der Waals surface area contributed by atoms with Crippen LogP contribution < -0.4 is 10.3 Å². The number of carbonyl (C=O) groups is 1. The average molecular weight is 316 g/mol. The summed E-state index contributed by atoms with van der Waals surface area (Å²) in [6.45, 7) is 0. The van der Waals surface area contributed by atoms with Gasteiger partial charge < -0.3 is 4.90 Å². The van der Waals surface area contributed by atoms with Gasteiger partial charge in [-0.1, -0.05) is 12.1 Å². The molecule has 0 spiro atoms. The number of hydrazone groups is 1. The molecule has 0 saturated heterocycles. The van der Waals surface area contributed by atoms with E-state index in [1.165, 1.54) is 24.1 Å². The number of carbonyl (C=O) groups excluding carboxylic acids is 1. The van der Waals surface area contributed by atoms with Crippen molar-refractivity contribution in [2.75, 3.05) is 19.0 Å². The number of hydrogen-bond acceptors (Lipinski definition) is 6. The third-order valence-corrected chi connectivity index (χ3v) is 3.01. The van der Waals surface area contributed by atoms with Gasteiger partial charge in [0.15, 0.2) is 0 Å². The highest BCUT2D eigenvalue weighted by atomic mass is 16.6. The van der Waals surface area contributed by atoms with Crippen LogP contribution in [0.5, 0.6) is 0 Å². The highest BCUT2D eigenvalue weighted by molar-refractivity contribution is 5.96. The molecule has 9 nitrogen and oxygen atoms in total. The Labute approximate surface area is 132 Å². The SMILES string of the molecule is CN(C)c1ccc(/C=N/NC(=O)c2nn(C)cc2[N+](=O)[O-])cc1. The lowest BCUT2D eigenvalue weighted by Gasteiger charge is -2.11. The van der Waals surface area contributed by atoms with Gasteiger partial charge in [0.2, 0.25) is 5.69 Å². The molecule has 23 heavy (non-hydrogen) atoms. The van der Waals surface area contributed by atoms with Crippen molar-refractivity contribution >= 4 is 23.5 Å². The van der Waals surface area contributed by atoms with Gasteiger partial charge in [0.05, 0.1) is 11.1 Å².